The monoisotopic (exact) mass is 254 g/mol. The number of aliphatic hydroxyl groups excluding tert-OH is 1. The molecule has 0 aromatic carbocycles. The van der Waals surface area contributed by atoms with Crippen molar-refractivity contribution in [3.63, 3.8) is 0 Å². The Labute approximate surface area is 110 Å². The zero-order valence-corrected chi connectivity index (χ0v) is 11.3. The summed E-state index contributed by atoms with van der Waals surface area (Å²) in [4.78, 5) is 0. The molecule has 2 unspecified atom stereocenters. The second kappa shape index (κ2) is 8.43. The van der Waals surface area contributed by atoms with Crippen LogP contribution in [-0.4, -0.2) is 36.6 Å². The van der Waals surface area contributed by atoms with E-state index in [-0.39, 0.29) is 13.2 Å². The Hall–Kier alpha value is -0.680. The fourth-order valence-corrected chi connectivity index (χ4v) is 1.88. The molecule has 0 saturated heterocycles. The summed E-state index contributed by atoms with van der Waals surface area (Å²) in [5, 5.41) is 12.9. The van der Waals surface area contributed by atoms with Crippen molar-refractivity contribution in [1.82, 2.24) is 5.32 Å². The highest BCUT2D eigenvalue weighted by Crippen LogP contribution is 2.20. The first-order valence-corrected chi connectivity index (χ1v) is 6.84. The number of allylic oxidation sites excluding steroid dienone is 2. The molecule has 4 N–H and O–H groups in total. The van der Waals surface area contributed by atoms with E-state index in [1.54, 1.807) is 0 Å². The summed E-state index contributed by atoms with van der Waals surface area (Å²) in [6.45, 7) is 3.60. The van der Waals surface area contributed by atoms with Crippen molar-refractivity contribution >= 4 is 0 Å². The molecule has 4 nitrogen and oxygen atoms in total. The second-order valence-electron chi connectivity index (χ2n) is 4.72. The molecule has 1 aliphatic rings. The van der Waals surface area contributed by atoms with Crippen LogP contribution in [0.25, 0.3) is 0 Å². The van der Waals surface area contributed by atoms with Crippen LogP contribution in [-0.2, 0) is 4.74 Å². The van der Waals surface area contributed by atoms with Gasteiger partial charge < -0.3 is 15.6 Å². The lowest BCUT2D eigenvalue weighted by molar-refractivity contribution is -0.0673. The number of nitrogens with two attached hydrogens (primary N) is 1. The summed E-state index contributed by atoms with van der Waals surface area (Å²) in [5.41, 5.74) is 4.91. The molecular weight excluding hydrogens is 228 g/mol. The van der Waals surface area contributed by atoms with Crippen molar-refractivity contribution in [2.45, 2.75) is 44.4 Å². The maximum Gasteiger partial charge on any atom is 0.142 e. The van der Waals surface area contributed by atoms with Crippen LogP contribution in [0.2, 0.25) is 0 Å². The molecule has 2 atom stereocenters. The van der Waals surface area contributed by atoms with Crippen LogP contribution in [0.3, 0.4) is 0 Å². The summed E-state index contributed by atoms with van der Waals surface area (Å²) < 4.78 is 5.82. The minimum atomic E-state index is -0.598. The molecule has 1 aliphatic carbocycles. The predicted molar refractivity (Wildman–Crippen MR) is 74.2 cm³/mol. The molecule has 104 valence electrons. The van der Waals surface area contributed by atoms with Crippen molar-refractivity contribution in [2.24, 2.45) is 5.73 Å². The highest BCUT2D eigenvalue weighted by Gasteiger charge is 2.27. The zero-order valence-electron chi connectivity index (χ0n) is 11.3. The Morgan fingerprint density at radius 2 is 2.28 bits per heavy atom. The first kappa shape index (κ1) is 15.4. The van der Waals surface area contributed by atoms with Gasteiger partial charge >= 0.3 is 0 Å². The van der Waals surface area contributed by atoms with E-state index in [9.17, 15) is 5.11 Å². The third-order valence-electron chi connectivity index (χ3n) is 3.04. The Morgan fingerprint density at radius 1 is 1.44 bits per heavy atom. The molecule has 0 amide bonds. The molecule has 0 radical (unpaired) electrons. The summed E-state index contributed by atoms with van der Waals surface area (Å²) in [6, 6.07) is 0. The van der Waals surface area contributed by atoms with E-state index in [1.807, 2.05) is 18.2 Å². The minimum absolute atomic E-state index is 0.228. The lowest BCUT2D eigenvalue weighted by atomic mass is 10.0. The molecule has 18 heavy (non-hydrogen) atoms. The van der Waals surface area contributed by atoms with Crippen LogP contribution >= 0.6 is 0 Å². The number of nitrogens with one attached hydrogen (secondary N) is 1. The van der Waals surface area contributed by atoms with Crippen LogP contribution < -0.4 is 11.1 Å². The van der Waals surface area contributed by atoms with Gasteiger partial charge in [0.1, 0.15) is 5.72 Å². The normalized spacial score (nSPS) is 24.4. The van der Waals surface area contributed by atoms with Crippen molar-refractivity contribution in [3.8, 4) is 0 Å². The van der Waals surface area contributed by atoms with Gasteiger partial charge in [0.05, 0.1) is 12.7 Å². The van der Waals surface area contributed by atoms with Crippen LogP contribution in [0.5, 0.6) is 0 Å². The van der Waals surface area contributed by atoms with Gasteiger partial charge in [-0.3, -0.25) is 5.32 Å². The van der Waals surface area contributed by atoms with Crippen LogP contribution in [0.1, 0.15) is 32.6 Å². The molecule has 1 rings (SSSR count). The fraction of sp³-hybridized carbons (Fsp3) is 0.714. The Kier molecular flexibility index (Phi) is 7.20. The molecular formula is C14H26N2O2. The van der Waals surface area contributed by atoms with Gasteiger partial charge in [0.2, 0.25) is 0 Å². The van der Waals surface area contributed by atoms with Crippen molar-refractivity contribution < 1.29 is 9.84 Å². The first-order chi connectivity index (χ1) is 8.72. The average Bonchev–Trinajstić information content (AvgIpc) is 2.42. The third-order valence-corrected chi connectivity index (χ3v) is 3.04. The second-order valence-corrected chi connectivity index (χ2v) is 4.72. The van der Waals surface area contributed by atoms with E-state index in [0.717, 1.165) is 19.4 Å². The van der Waals surface area contributed by atoms with E-state index in [4.69, 9.17) is 10.5 Å². The SMILES string of the molecule is CCCCCNC1(OCC(O)CN)C=CC=CC1. The van der Waals surface area contributed by atoms with E-state index < -0.39 is 11.8 Å². The number of unbranched alkanes of at least 4 members (excludes halogenated alkanes) is 2. The summed E-state index contributed by atoms with van der Waals surface area (Å²) in [6.07, 6.45) is 11.8. The number of aliphatic hydroxyl groups is 1. The fourth-order valence-electron chi connectivity index (χ4n) is 1.88. The lowest BCUT2D eigenvalue weighted by Gasteiger charge is -2.33. The van der Waals surface area contributed by atoms with Gasteiger partial charge in [0.15, 0.2) is 0 Å². The molecule has 0 aliphatic heterocycles. The van der Waals surface area contributed by atoms with Gasteiger partial charge in [-0.15, -0.1) is 0 Å². The molecule has 0 heterocycles. The Balaban J connectivity index is 2.43. The van der Waals surface area contributed by atoms with Crippen LogP contribution in [0.4, 0.5) is 0 Å². The van der Waals surface area contributed by atoms with Gasteiger partial charge in [0.25, 0.3) is 0 Å². The zero-order chi connectivity index (χ0) is 13.3. The predicted octanol–water partition coefficient (Wildman–Crippen LogP) is 1.31. The number of hydrogen-bond donors (Lipinski definition) is 3. The largest absolute Gasteiger partial charge is 0.389 e. The summed E-state index contributed by atoms with van der Waals surface area (Å²) in [5.74, 6) is 0. The number of rotatable bonds is 9. The number of hydrogen-bond acceptors (Lipinski definition) is 4. The summed E-state index contributed by atoms with van der Waals surface area (Å²) >= 11 is 0. The first-order valence-electron chi connectivity index (χ1n) is 6.84. The molecule has 0 spiro atoms. The van der Waals surface area contributed by atoms with E-state index >= 15 is 0 Å². The number of ether oxygens (including phenoxy) is 1. The topological polar surface area (TPSA) is 67.5 Å². The smallest absolute Gasteiger partial charge is 0.142 e. The van der Waals surface area contributed by atoms with E-state index in [0.29, 0.717) is 0 Å². The highest BCUT2D eigenvalue weighted by atomic mass is 16.5. The minimum Gasteiger partial charge on any atom is -0.389 e. The molecule has 0 aromatic heterocycles. The molecule has 0 saturated carbocycles. The lowest BCUT2D eigenvalue weighted by Crippen LogP contribution is -2.48. The van der Waals surface area contributed by atoms with Gasteiger partial charge in [-0.05, 0) is 19.0 Å². The average molecular weight is 254 g/mol. The summed E-state index contributed by atoms with van der Waals surface area (Å²) in [7, 11) is 0. The Morgan fingerprint density at radius 3 is 2.89 bits per heavy atom. The van der Waals surface area contributed by atoms with E-state index in [2.05, 4.69) is 18.3 Å². The quantitative estimate of drug-likeness (QED) is 0.429. The maximum atomic E-state index is 9.49. The van der Waals surface area contributed by atoms with Gasteiger partial charge in [0, 0.05) is 13.0 Å². The van der Waals surface area contributed by atoms with Gasteiger partial charge in [-0.1, -0.05) is 38.0 Å². The van der Waals surface area contributed by atoms with Crippen LogP contribution in [0, 0.1) is 0 Å². The standard InChI is InChI=1S/C14H26N2O2/c1-2-3-7-10-16-14(8-5-4-6-9-14)18-12-13(17)11-15/h4-6,8,13,16-17H,2-3,7,9-12,15H2,1H3. The molecule has 0 bridgehead atoms. The molecule has 4 heteroatoms. The van der Waals surface area contributed by atoms with Gasteiger partial charge in [-0.2, -0.15) is 0 Å². The van der Waals surface area contributed by atoms with Crippen LogP contribution in [0.15, 0.2) is 24.3 Å². The van der Waals surface area contributed by atoms with Crippen molar-refractivity contribution in [3.05, 3.63) is 24.3 Å². The highest BCUT2D eigenvalue weighted by molar-refractivity contribution is 5.17. The van der Waals surface area contributed by atoms with Crippen molar-refractivity contribution in [1.29, 1.82) is 0 Å². The molecule has 0 fully saturated rings. The van der Waals surface area contributed by atoms with Crippen molar-refractivity contribution in [2.75, 3.05) is 19.7 Å². The van der Waals surface area contributed by atoms with Gasteiger partial charge in [-0.25, -0.2) is 0 Å². The van der Waals surface area contributed by atoms with E-state index in [1.165, 1.54) is 12.8 Å². The maximum absolute atomic E-state index is 9.49. The Bertz CT molecular complexity index is 279. The molecule has 0 aromatic rings. The third kappa shape index (κ3) is 5.31.